The Hall–Kier alpha value is -1.55. The van der Waals surface area contributed by atoms with Crippen LogP contribution < -0.4 is 10.1 Å². The number of carbonyl (C=O) groups excluding carboxylic acids is 1. The van der Waals surface area contributed by atoms with E-state index in [0.29, 0.717) is 24.2 Å². The van der Waals surface area contributed by atoms with E-state index in [4.69, 9.17) is 4.74 Å². The molecule has 0 heterocycles. The number of rotatable bonds is 7. The lowest BCUT2D eigenvalue weighted by Crippen LogP contribution is -2.35. The summed E-state index contributed by atoms with van der Waals surface area (Å²) in [7, 11) is 0. The maximum atomic E-state index is 12.4. The minimum Gasteiger partial charge on any atom is -0.490 e. The summed E-state index contributed by atoms with van der Waals surface area (Å²) in [5.41, 5.74) is -0.293. The van der Waals surface area contributed by atoms with Gasteiger partial charge < -0.3 is 15.2 Å². The standard InChI is InChI=1S/C18H27NO3/c1-3-18(21,4-2)13-22-16-12-8-7-11-15(16)17(20)19-14-9-5-6-10-14/h7-8,11-12,14,21H,3-6,9-10,13H2,1-2H3,(H,19,20). The van der Waals surface area contributed by atoms with Crippen LogP contribution in [0.25, 0.3) is 0 Å². The Balaban J connectivity index is 2.04. The second kappa shape index (κ2) is 7.63. The topological polar surface area (TPSA) is 58.6 Å². The number of para-hydroxylation sites is 1. The van der Waals surface area contributed by atoms with Crippen molar-refractivity contribution in [2.24, 2.45) is 0 Å². The molecule has 1 aliphatic carbocycles. The second-order valence-electron chi connectivity index (χ2n) is 6.17. The van der Waals surface area contributed by atoms with Gasteiger partial charge in [-0.25, -0.2) is 0 Å². The van der Waals surface area contributed by atoms with Crippen molar-refractivity contribution in [2.75, 3.05) is 6.61 Å². The molecule has 1 saturated carbocycles. The molecule has 0 aromatic heterocycles. The fourth-order valence-corrected chi connectivity index (χ4v) is 2.78. The summed E-state index contributed by atoms with van der Waals surface area (Å²) in [6.45, 7) is 4.07. The highest BCUT2D eigenvalue weighted by molar-refractivity contribution is 5.97. The average Bonchev–Trinajstić information content (AvgIpc) is 3.05. The average molecular weight is 305 g/mol. The Morgan fingerprint density at radius 1 is 1.27 bits per heavy atom. The van der Waals surface area contributed by atoms with Gasteiger partial charge >= 0.3 is 0 Å². The number of ether oxygens (including phenoxy) is 1. The van der Waals surface area contributed by atoms with Gasteiger partial charge in [-0.1, -0.05) is 38.8 Å². The molecule has 0 spiro atoms. The molecule has 1 amide bonds. The summed E-state index contributed by atoms with van der Waals surface area (Å²) in [5, 5.41) is 13.4. The maximum absolute atomic E-state index is 12.4. The third-order valence-corrected chi connectivity index (χ3v) is 4.63. The zero-order valence-corrected chi connectivity index (χ0v) is 13.6. The van der Waals surface area contributed by atoms with Crippen molar-refractivity contribution in [2.45, 2.75) is 64.0 Å². The molecule has 0 unspecified atom stereocenters. The van der Waals surface area contributed by atoms with Crippen molar-refractivity contribution in [3.05, 3.63) is 29.8 Å². The monoisotopic (exact) mass is 305 g/mol. The van der Waals surface area contributed by atoms with E-state index in [9.17, 15) is 9.90 Å². The van der Waals surface area contributed by atoms with Crippen LogP contribution in [0, 0.1) is 0 Å². The van der Waals surface area contributed by atoms with Crippen LogP contribution in [0.4, 0.5) is 0 Å². The minimum atomic E-state index is -0.838. The molecule has 0 atom stereocenters. The van der Waals surface area contributed by atoms with Crippen molar-refractivity contribution >= 4 is 5.91 Å². The van der Waals surface area contributed by atoms with E-state index < -0.39 is 5.60 Å². The number of hydrogen-bond acceptors (Lipinski definition) is 3. The van der Waals surface area contributed by atoms with Crippen LogP contribution >= 0.6 is 0 Å². The number of benzene rings is 1. The van der Waals surface area contributed by atoms with Crippen LogP contribution in [-0.2, 0) is 0 Å². The van der Waals surface area contributed by atoms with Gasteiger partial charge in [0.2, 0.25) is 0 Å². The summed E-state index contributed by atoms with van der Waals surface area (Å²) in [6.07, 6.45) is 5.73. The lowest BCUT2D eigenvalue weighted by molar-refractivity contribution is -0.0115. The summed E-state index contributed by atoms with van der Waals surface area (Å²) in [5.74, 6) is 0.456. The third kappa shape index (κ3) is 4.23. The lowest BCUT2D eigenvalue weighted by Gasteiger charge is -2.25. The Morgan fingerprint density at radius 3 is 2.55 bits per heavy atom. The molecule has 0 saturated heterocycles. The molecule has 122 valence electrons. The van der Waals surface area contributed by atoms with Gasteiger partial charge in [-0.05, 0) is 37.8 Å². The molecule has 0 bridgehead atoms. The smallest absolute Gasteiger partial charge is 0.255 e. The molecular formula is C18H27NO3. The molecule has 0 radical (unpaired) electrons. The highest BCUT2D eigenvalue weighted by Gasteiger charge is 2.25. The fourth-order valence-electron chi connectivity index (χ4n) is 2.78. The zero-order valence-electron chi connectivity index (χ0n) is 13.6. The summed E-state index contributed by atoms with van der Waals surface area (Å²) < 4.78 is 5.76. The van der Waals surface area contributed by atoms with Crippen LogP contribution in [-0.4, -0.2) is 29.3 Å². The summed E-state index contributed by atoms with van der Waals surface area (Å²) in [6, 6.07) is 7.52. The molecule has 2 rings (SSSR count). The van der Waals surface area contributed by atoms with Gasteiger partial charge in [0.1, 0.15) is 12.4 Å². The van der Waals surface area contributed by atoms with Gasteiger partial charge in [-0.2, -0.15) is 0 Å². The Bertz CT molecular complexity index is 491. The van der Waals surface area contributed by atoms with Crippen LogP contribution in [0.1, 0.15) is 62.7 Å². The van der Waals surface area contributed by atoms with E-state index in [2.05, 4.69) is 5.32 Å². The van der Waals surface area contributed by atoms with E-state index in [-0.39, 0.29) is 18.6 Å². The van der Waals surface area contributed by atoms with Crippen LogP contribution in [0.2, 0.25) is 0 Å². The molecule has 0 aliphatic heterocycles. The normalized spacial score (nSPS) is 15.8. The summed E-state index contributed by atoms with van der Waals surface area (Å²) >= 11 is 0. The van der Waals surface area contributed by atoms with Gasteiger partial charge in [0.25, 0.3) is 5.91 Å². The Kier molecular flexibility index (Phi) is 5.83. The highest BCUT2D eigenvalue weighted by Crippen LogP contribution is 2.23. The first-order chi connectivity index (χ1) is 10.6. The Morgan fingerprint density at radius 2 is 1.91 bits per heavy atom. The number of amides is 1. The lowest BCUT2D eigenvalue weighted by atomic mass is 9.99. The van der Waals surface area contributed by atoms with Gasteiger partial charge in [0.05, 0.1) is 11.2 Å². The zero-order chi connectivity index (χ0) is 16.0. The molecule has 2 N–H and O–H groups in total. The quantitative estimate of drug-likeness (QED) is 0.812. The highest BCUT2D eigenvalue weighted by atomic mass is 16.5. The van der Waals surface area contributed by atoms with Crippen molar-refractivity contribution < 1.29 is 14.6 Å². The first-order valence-corrected chi connectivity index (χ1v) is 8.33. The van der Waals surface area contributed by atoms with Crippen LogP contribution in [0.5, 0.6) is 5.75 Å². The molecule has 4 heteroatoms. The molecule has 1 aliphatic rings. The summed E-state index contributed by atoms with van der Waals surface area (Å²) in [4.78, 5) is 12.4. The van der Waals surface area contributed by atoms with Crippen molar-refractivity contribution in [3.8, 4) is 5.75 Å². The fraction of sp³-hybridized carbons (Fsp3) is 0.611. The van der Waals surface area contributed by atoms with E-state index in [1.165, 1.54) is 12.8 Å². The predicted octanol–water partition coefficient (Wildman–Crippen LogP) is 3.29. The van der Waals surface area contributed by atoms with E-state index >= 15 is 0 Å². The van der Waals surface area contributed by atoms with E-state index in [0.717, 1.165) is 12.8 Å². The van der Waals surface area contributed by atoms with Crippen LogP contribution in [0.3, 0.4) is 0 Å². The van der Waals surface area contributed by atoms with E-state index in [1.54, 1.807) is 12.1 Å². The second-order valence-corrected chi connectivity index (χ2v) is 6.17. The van der Waals surface area contributed by atoms with E-state index in [1.807, 2.05) is 26.0 Å². The minimum absolute atomic E-state index is 0.0842. The van der Waals surface area contributed by atoms with Gasteiger partial charge in [0.15, 0.2) is 0 Å². The molecule has 1 aromatic rings. The first kappa shape index (κ1) is 16.8. The van der Waals surface area contributed by atoms with Crippen molar-refractivity contribution in [3.63, 3.8) is 0 Å². The third-order valence-electron chi connectivity index (χ3n) is 4.63. The van der Waals surface area contributed by atoms with Crippen molar-refractivity contribution in [1.82, 2.24) is 5.32 Å². The van der Waals surface area contributed by atoms with Crippen LogP contribution in [0.15, 0.2) is 24.3 Å². The van der Waals surface area contributed by atoms with Gasteiger partial charge in [-0.15, -0.1) is 0 Å². The molecule has 1 fully saturated rings. The maximum Gasteiger partial charge on any atom is 0.255 e. The number of hydrogen-bond donors (Lipinski definition) is 2. The molecular weight excluding hydrogens is 278 g/mol. The molecule has 4 nitrogen and oxygen atoms in total. The molecule has 22 heavy (non-hydrogen) atoms. The number of nitrogens with one attached hydrogen (secondary N) is 1. The largest absolute Gasteiger partial charge is 0.490 e. The number of carbonyl (C=O) groups is 1. The van der Waals surface area contributed by atoms with Crippen molar-refractivity contribution in [1.29, 1.82) is 0 Å². The SMILES string of the molecule is CCC(O)(CC)COc1ccccc1C(=O)NC1CCCC1. The Labute approximate surface area is 132 Å². The number of aliphatic hydroxyl groups is 1. The first-order valence-electron chi connectivity index (χ1n) is 8.33. The van der Waals surface area contributed by atoms with Gasteiger partial charge in [0, 0.05) is 6.04 Å². The molecule has 1 aromatic carbocycles. The predicted molar refractivity (Wildman–Crippen MR) is 87.2 cm³/mol. The van der Waals surface area contributed by atoms with Gasteiger partial charge in [-0.3, -0.25) is 4.79 Å².